The molecule has 0 atom stereocenters. The van der Waals surface area contributed by atoms with Gasteiger partial charge in [0.05, 0.1) is 20.3 Å². The largest absolute Gasteiger partial charge is 0.493 e. The molecule has 0 saturated heterocycles. The number of hydrogen-bond acceptors (Lipinski definition) is 5. The van der Waals surface area contributed by atoms with Gasteiger partial charge in [-0.3, -0.25) is 4.79 Å². The summed E-state index contributed by atoms with van der Waals surface area (Å²) in [5.74, 6) is 2.36. The van der Waals surface area contributed by atoms with E-state index in [0.717, 1.165) is 5.56 Å². The van der Waals surface area contributed by atoms with Gasteiger partial charge in [-0.2, -0.15) is 0 Å². The van der Waals surface area contributed by atoms with Gasteiger partial charge in [0.15, 0.2) is 18.1 Å². The molecule has 0 saturated carbocycles. The van der Waals surface area contributed by atoms with Crippen molar-refractivity contribution in [3.8, 4) is 23.8 Å². The minimum Gasteiger partial charge on any atom is -0.493 e. The first-order valence-corrected chi connectivity index (χ1v) is 6.96. The second-order valence-electron chi connectivity index (χ2n) is 4.27. The molecule has 1 aromatic carbocycles. The van der Waals surface area contributed by atoms with Gasteiger partial charge in [0.2, 0.25) is 0 Å². The molecule has 0 fully saturated rings. The number of nitrogens with one attached hydrogen (secondary N) is 1. The van der Waals surface area contributed by atoms with Crippen molar-refractivity contribution in [3.63, 3.8) is 0 Å². The van der Waals surface area contributed by atoms with Crippen LogP contribution in [0.25, 0.3) is 6.08 Å². The van der Waals surface area contributed by atoms with Crippen LogP contribution < -0.4 is 14.8 Å². The van der Waals surface area contributed by atoms with Crippen LogP contribution in [0.5, 0.6) is 11.5 Å². The summed E-state index contributed by atoms with van der Waals surface area (Å²) in [6, 6.07) is 5.25. The zero-order valence-corrected chi connectivity index (χ0v) is 13.1. The predicted molar refractivity (Wildman–Crippen MR) is 86.0 cm³/mol. The van der Waals surface area contributed by atoms with Crippen molar-refractivity contribution in [2.75, 3.05) is 26.9 Å². The van der Waals surface area contributed by atoms with E-state index in [1.165, 1.54) is 6.08 Å². The van der Waals surface area contributed by atoms with Gasteiger partial charge in [-0.1, -0.05) is 12.0 Å². The summed E-state index contributed by atoms with van der Waals surface area (Å²) >= 11 is 0. The maximum Gasteiger partial charge on any atom is 0.331 e. The van der Waals surface area contributed by atoms with Crippen LogP contribution in [0.3, 0.4) is 0 Å². The second-order valence-corrected chi connectivity index (χ2v) is 4.27. The molecule has 0 aliphatic carbocycles. The molecule has 0 radical (unpaired) electrons. The molecular formula is C17H19NO5. The SMILES string of the molecule is C#CCNC(=O)COC(=O)/C=C/c1ccc(OC)c(OCC)c1. The van der Waals surface area contributed by atoms with E-state index in [2.05, 4.69) is 11.2 Å². The summed E-state index contributed by atoms with van der Waals surface area (Å²) in [7, 11) is 1.55. The third-order valence-corrected chi connectivity index (χ3v) is 2.63. The van der Waals surface area contributed by atoms with Crippen molar-refractivity contribution in [1.82, 2.24) is 5.32 Å². The number of esters is 1. The Bertz CT molecular complexity index is 616. The Hall–Kier alpha value is -2.94. The van der Waals surface area contributed by atoms with Crippen LogP contribution in [0.2, 0.25) is 0 Å². The standard InChI is InChI=1S/C17H19NO5/c1-4-10-18-16(19)12-23-17(20)9-7-13-6-8-14(21-3)15(11-13)22-5-2/h1,6-9,11H,5,10,12H2,2-3H3,(H,18,19)/b9-7+. The number of rotatable bonds is 8. The highest BCUT2D eigenvalue weighted by Gasteiger charge is 2.06. The lowest BCUT2D eigenvalue weighted by Gasteiger charge is -2.09. The van der Waals surface area contributed by atoms with E-state index < -0.39 is 11.9 Å². The lowest BCUT2D eigenvalue weighted by atomic mass is 10.2. The van der Waals surface area contributed by atoms with Crippen molar-refractivity contribution in [3.05, 3.63) is 29.8 Å². The van der Waals surface area contributed by atoms with Crippen molar-refractivity contribution < 1.29 is 23.8 Å². The molecule has 1 amide bonds. The Balaban J connectivity index is 2.59. The third-order valence-electron chi connectivity index (χ3n) is 2.63. The average Bonchev–Trinajstić information content (AvgIpc) is 2.56. The number of carbonyl (C=O) groups excluding carboxylic acids is 2. The Morgan fingerprint density at radius 3 is 2.78 bits per heavy atom. The van der Waals surface area contributed by atoms with E-state index in [1.807, 2.05) is 6.92 Å². The van der Waals surface area contributed by atoms with Crippen LogP contribution in [0.4, 0.5) is 0 Å². The molecule has 0 unspecified atom stereocenters. The first-order chi connectivity index (χ1) is 11.1. The molecule has 1 aromatic rings. The van der Waals surface area contributed by atoms with Crippen LogP contribution >= 0.6 is 0 Å². The monoisotopic (exact) mass is 317 g/mol. The van der Waals surface area contributed by atoms with E-state index in [4.69, 9.17) is 20.6 Å². The molecule has 0 heterocycles. The number of methoxy groups -OCH3 is 1. The topological polar surface area (TPSA) is 73.9 Å². The van der Waals surface area contributed by atoms with Gasteiger partial charge in [0, 0.05) is 6.08 Å². The number of terminal acetylenes is 1. The number of amides is 1. The van der Waals surface area contributed by atoms with Crippen LogP contribution in [0.1, 0.15) is 12.5 Å². The highest BCUT2D eigenvalue weighted by molar-refractivity contribution is 5.89. The maximum absolute atomic E-state index is 11.5. The third kappa shape index (κ3) is 6.57. The Kier molecular flexibility index (Phi) is 7.79. The number of ether oxygens (including phenoxy) is 3. The summed E-state index contributed by atoms with van der Waals surface area (Å²) in [6.45, 7) is 2.08. The second kappa shape index (κ2) is 9.90. The van der Waals surface area contributed by atoms with E-state index in [9.17, 15) is 9.59 Å². The van der Waals surface area contributed by atoms with Crippen molar-refractivity contribution in [2.45, 2.75) is 6.92 Å². The van der Waals surface area contributed by atoms with Crippen LogP contribution in [-0.2, 0) is 14.3 Å². The molecular weight excluding hydrogens is 298 g/mol. The molecule has 0 spiro atoms. The minimum absolute atomic E-state index is 0.0955. The van der Waals surface area contributed by atoms with Crippen LogP contribution in [-0.4, -0.2) is 38.7 Å². The predicted octanol–water partition coefficient (Wildman–Crippen LogP) is 1.40. The fourth-order valence-corrected chi connectivity index (χ4v) is 1.61. The fraction of sp³-hybridized carbons (Fsp3) is 0.294. The highest BCUT2D eigenvalue weighted by Crippen LogP contribution is 2.28. The van der Waals surface area contributed by atoms with Gasteiger partial charge in [-0.15, -0.1) is 6.42 Å². The van der Waals surface area contributed by atoms with E-state index in [-0.39, 0.29) is 13.2 Å². The lowest BCUT2D eigenvalue weighted by Crippen LogP contribution is -2.28. The number of carbonyl (C=O) groups is 2. The normalized spacial score (nSPS) is 9.96. The van der Waals surface area contributed by atoms with Gasteiger partial charge in [0.25, 0.3) is 5.91 Å². The molecule has 0 aliphatic rings. The van der Waals surface area contributed by atoms with Gasteiger partial charge in [-0.25, -0.2) is 4.79 Å². The molecule has 0 aliphatic heterocycles. The van der Waals surface area contributed by atoms with E-state index >= 15 is 0 Å². The summed E-state index contributed by atoms with van der Waals surface area (Å²) in [5.41, 5.74) is 0.739. The average molecular weight is 317 g/mol. The molecule has 0 bridgehead atoms. The summed E-state index contributed by atoms with van der Waals surface area (Å²) < 4.78 is 15.4. The van der Waals surface area contributed by atoms with Crippen LogP contribution in [0, 0.1) is 12.3 Å². The lowest BCUT2D eigenvalue weighted by molar-refractivity contribution is -0.143. The summed E-state index contributed by atoms with van der Waals surface area (Å²) in [5, 5.41) is 2.39. The fourth-order valence-electron chi connectivity index (χ4n) is 1.61. The molecule has 122 valence electrons. The molecule has 1 N–H and O–H groups in total. The zero-order chi connectivity index (χ0) is 17.1. The highest BCUT2D eigenvalue weighted by atomic mass is 16.5. The quantitative estimate of drug-likeness (QED) is 0.446. The maximum atomic E-state index is 11.5. The van der Waals surface area contributed by atoms with Crippen LogP contribution in [0.15, 0.2) is 24.3 Å². The smallest absolute Gasteiger partial charge is 0.331 e. The van der Waals surface area contributed by atoms with E-state index in [1.54, 1.807) is 31.4 Å². The first kappa shape index (κ1) is 18.1. The van der Waals surface area contributed by atoms with E-state index in [0.29, 0.717) is 18.1 Å². The zero-order valence-electron chi connectivity index (χ0n) is 13.1. The first-order valence-electron chi connectivity index (χ1n) is 6.96. The van der Waals surface area contributed by atoms with Crippen molar-refractivity contribution in [2.24, 2.45) is 0 Å². The molecule has 23 heavy (non-hydrogen) atoms. The summed E-state index contributed by atoms with van der Waals surface area (Å²) in [4.78, 5) is 22.8. The Labute approximate surface area is 135 Å². The molecule has 1 rings (SSSR count). The molecule has 6 nitrogen and oxygen atoms in total. The van der Waals surface area contributed by atoms with Gasteiger partial charge < -0.3 is 19.5 Å². The number of benzene rings is 1. The van der Waals surface area contributed by atoms with Gasteiger partial charge in [-0.05, 0) is 30.7 Å². The number of hydrogen-bond donors (Lipinski definition) is 1. The minimum atomic E-state index is -0.630. The van der Waals surface area contributed by atoms with Crippen molar-refractivity contribution in [1.29, 1.82) is 0 Å². The van der Waals surface area contributed by atoms with Gasteiger partial charge >= 0.3 is 5.97 Å². The summed E-state index contributed by atoms with van der Waals surface area (Å²) in [6.07, 6.45) is 7.78. The Morgan fingerprint density at radius 2 is 2.13 bits per heavy atom. The molecule has 0 aromatic heterocycles. The Morgan fingerprint density at radius 1 is 1.35 bits per heavy atom. The molecule has 6 heteroatoms. The van der Waals surface area contributed by atoms with Gasteiger partial charge in [0.1, 0.15) is 0 Å². The van der Waals surface area contributed by atoms with Crippen molar-refractivity contribution >= 4 is 18.0 Å².